The third-order valence-corrected chi connectivity index (χ3v) is 2.71. The minimum atomic E-state index is 0.257. The van der Waals surface area contributed by atoms with Gasteiger partial charge in [-0.25, -0.2) is 4.98 Å². The van der Waals surface area contributed by atoms with E-state index in [1.807, 2.05) is 37.3 Å². The Bertz CT molecular complexity index is 523. The summed E-state index contributed by atoms with van der Waals surface area (Å²) in [5.74, 6) is 0. The molecule has 0 fully saturated rings. The molecular weight excluding hydrogens is 222 g/mol. The highest BCUT2D eigenvalue weighted by Crippen LogP contribution is 2.25. The van der Waals surface area contributed by atoms with Gasteiger partial charge in [0.15, 0.2) is 6.29 Å². The van der Waals surface area contributed by atoms with Gasteiger partial charge < -0.3 is 0 Å². The Balaban J connectivity index is 2.62. The van der Waals surface area contributed by atoms with E-state index in [1.165, 1.54) is 0 Å². The predicted octanol–water partition coefficient (Wildman–Crippen LogP) is 3.52. The number of benzene rings is 1. The second kappa shape index (κ2) is 4.45. The summed E-state index contributed by atoms with van der Waals surface area (Å²) in [6, 6.07) is 11.6. The smallest absolute Gasteiger partial charge is 0.153 e. The lowest BCUT2D eigenvalue weighted by atomic mass is 10.0. The largest absolute Gasteiger partial charge is 0.298 e. The van der Waals surface area contributed by atoms with Crippen LogP contribution in [0.1, 0.15) is 16.1 Å². The van der Waals surface area contributed by atoms with E-state index >= 15 is 0 Å². The molecule has 1 aromatic carbocycles. The van der Waals surface area contributed by atoms with Crippen LogP contribution < -0.4 is 0 Å². The molecule has 3 heteroatoms. The Labute approximate surface area is 98.9 Å². The molecule has 2 aromatic rings. The second-order valence-electron chi connectivity index (χ2n) is 3.49. The highest BCUT2D eigenvalue weighted by Gasteiger charge is 2.08. The van der Waals surface area contributed by atoms with E-state index in [2.05, 4.69) is 4.98 Å². The average Bonchev–Trinajstić information content (AvgIpc) is 2.30. The van der Waals surface area contributed by atoms with Gasteiger partial charge in [0.1, 0.15) is 5.15 Å². The number of nitrogens with zero attached hydrogens (tertiary/aromatic N) is 1. The van der Waals surface area contributed by atoms with E-state index in [-0.39, 0.29) is 5.15 Å². The summed E-state index contributed by atoms with van der Waals surface area (Å²) in [7, 11) is 0. The van der Waals surface area contributed by atoms with Gasteiger partial charge in [-0.2, -0.15) is 0 Å². The van der Waals surface area contributed by atoms with Crippen molar-refractivity contribution in [3.8, 4) is 11.1 Å². The summed E-state index contributed by atoms with van der Waals surface area (Å²) in [4.78, 5) is 15.0. The van der Waals surface area contributed by atoms with Crippen molar-refractivity contribution in [1.29, 1.82) is 0 Å². The highest BCUT2D eigenvalue weighted by molar-refractivity contribution is 6.31. The van der Waals surface area contributed by atoms with Crippen LogP contribution in [0.5, 0.6) is 0 Å². The number of hydrogen-bond acceptors (Lipinski definition) is 2. The molecule has 0 aliphatic rings. The molecule has 0 unspecified atom stereocenters. The number of carbonyl (C=O) groups is 1. The number of halogens is 1. The van der Waals surface area contributed by atoms with Crippen LogP contribution in [0.3, 0.4) is 0 Å². The van der Waals surface area contributed by atoms with Crippen molar-refractivity contribution in [2.75, 3.05) is 0 Å². The third kappa shape index (κ3) is 1.97. The van der Waals surface area contributed by atoms with Gasteiger partial charge in [0.25, 0.3) is 0 Å². The summed E-state index contributed by atoms with van der Waals surface area (Å²) < 4.78 is 0. The van der Waals surface area contributed by atoms with Crippen LogP contribution in [0.25, 0.3) is 11.1 Å². The Kier molecular flexibility index (Phi) is 3.02. The maximum atomic E-state index is 10.8. The fourth-order valence-corrected chi connectivity index (χ4v) is 1.81. The zero-order valence-electron chi connectivity index (χ0n) is 8.77. The fraction of sp³-hybridized carbons (Fsp3) is 0.0769. The van der Waals surface area contributed by atoms with Gasteiger partial charge in [-0.3, -0.25) is 4.79 Å². The molecule has 0 spiro atoms. The molecule has 80 valence electrons. The van der Waals surface area contributed by atoms with Crippen LogP contribution in [-0.4, -0.2) is 11.3 Å². The van der Waals surface area contributed by atoms with Crippen molar-refractivity contribution < 1.29 is 4.79 Å². The van der Waals surface area contributed by atoms with Crippen molar-refractivity contribution in [3.05, 3.63) is 52.8 Å². The van der Waals surface area contributed by atoms with E-state index in [4.69, 9.17) is 11.6 Å². The van der Waals surface area contributed by atoms with E-state index in [0.717, 1.165) is 23.1 Å². The molecule has 1 aromatic heterocycles. The van der Waals surface area contributed by atoms with E-state index in [1.54, 1.807) is 6.07 Å². The fourth-order valence-electron chi connectivity index (χ4n) is 1.58. The number of rotatable bonds is 2. The van der Waals surface area contributed by atoms with Crippen molar-refractivity contribution in [3.63, 3.8) is 0 Å². The zero-order chi connectivity index (χ0) is 11.5. The lowest BCUT2D eigenvalue weighted by Gasteiger charge is -2.07. The summed E-state index contributed by atoms with van der Waals surface area (Å²) >= 11 is 5.85. The number of aromatic nitrogens is 1. The first-order valence-corrected chi connectivity index (χ1v) is 5.28. The lowest BCUT2D eigenvalue weighted by molar-refractivity contribution is 0.112. The molecule has 0 aliphatic heterocycles. The maximum absolute atomic E-state index is 10.8. The molecule has 0 saturated heterocycles. The molecule has 2 nitrogen and oxygen atoms in total. The molecule has 0 radical (unpaired) electrons. The van der Waals surface area contributed by atoms with Crippen LogP contribution in [0.2, 0.25) is 5.15 Å². The summed E-state index contributed by atoms with van der Waals surface area (Å²) in [5.41, 5.74) is 3.22. The molecule has 0 aliphatic carbocycles. The molecule has 1 heterocycles. The summed E-state index contributed by atoms with van der Waals surface area (Å²) in [6.07, 6.45) is 0.723. The molecule has 0 amide bonds. The van der Waals surface area contributed by atoms with Crippen LogP contribution in [-0.2, 0) is 0 Å². The monoisotopic (exact) mass is 231 g/mol. The van der Waals surface area contributed by atoms with Crippen molar-refractivity contribution in [2.24, 2.45) is 0 Å². The number of aryl methyl sites for hydroxylation is 1. The van der Waals surface area contributed by atoms with Gasteiger partial charge in [0, 0.05) is 11.3 Å². The SMILES string of the molecule is Cc1nc(Cl)c(C=O)cc1-c1ccccc1. The topological polar surface area (TPSA) is 30.0 Å². The Morgan fingerprint density at radius 3 is 2.56 bits per heavy atom. The Hall–Kier alpha value is -1.67. The third-order valence-electron chi connectivity index (χ3n) is 2.41. The minimum absolute atomic E-state index is 0.257. The summed E-state index contributed by atoms with van der Waals surface area (Å²) in [6.45, 7) is 1.88. The van der Waals surface area contributed by atoms with Gasteiger partial charge in [0.05, 0.1) is 5.56 Å². The van der Waals surface area contributed by atoms with Gasteiger partial charge in [-0.15, -0.1) is 0 Å². The van der Waals surface area contributed by atoms with Gasteiger partial charge >= 0.3 is 0 Å². The quantitative estimate of drug-likeness (QED) is 0.585. The Morgan fingerprint density at radius 1 is 1.25 bits per heavy atom. The van der Waals surface area contributed by atoms with Crippen molar-refractivity contribution in [2.45, 2.75) is 6.92 Å². The first kappa shape index (κ1) is 10.8. The highest BCUT2D eigenvalue weighted by atomic mass is 35.5. The second-order valence-corrected chi connectivity index (χ2v) is 3.84. The average molecular weight is 232 g/mol. The number of aldehydes is 1. The van der Waals surface area contributed by atoms with Crippen LogP contribution in [0.15, 0.2) is 36.4 Å². The van der Waals surface area contributed by atoms with Gasteiger partial charge in [0.2, 0.25) is 0 Å². The van der Waals surface area contributed by atoms with Crippen LogP contribution in [0, 0.1) is 6.92 Å². The zero-order valence-corrected chi connectivity index (χ0v) is 9.53. The molecule has 0 atom stereocenters. The van der Waals surface area contributed by atoms with Crippen LogP contribution in [0.4, 0.5) is 0 Å². The standard InChI is InChI=1S/C13H10ClNO/c1-9-12(10-5-3-2-4-6-10)7-11(8-16)13(14)15-9/h2-8H,1H3. The molecule has 0 saturated carbocycles. The van der Waals surface area contributed by atoms with E-state index in [9.17, 15) is 4.79 Å². The predicted molar refractivity (Wildman–Crippen MR) is 64.8 cm³/mol. The number of hydrogen-bond donors (Lipinski definition) is 0. The molecule has 16 heavy (non-hydrogen) atoms. The van der Waals surface area contributed by atoms with Gasteiger partial charge in [-0.1, -0.05) is 41.9 Å². The molecular formula is C13H10ClNO. The van der Waals surface area contributed by atoms with Gasteiger partial charge in [-0.05, 0) is 18.6 Å². The van der Waals surface area contributed by atoms with E-state index < -0.39 is 0 Å². The number of carbonyl (C=O) groups excluding carboxylic acids is 1. The van der Waals surface area contributed by atoms with Crippen LogP contribution >= 0.6 is 11.6 Å². The van der Waals surface area contributed by atoms with Crippen molar-refractivity contribution >= 4 is 17.9 Å². The molecule has 2 rings (SSSR count). The maximum Gasteiger partial charge on any atom is 0.153 e. The van der Waals surface area contributed by atoms with Crippen molar-refractivity contribution in [1.82, 2.24) is 4.98 Å². The Morgan fingerprint density at radius 2 is 1.94 bits per heavy atom. The first-order valence-electron chi connectivity index (χ1n) is 4.90. The minimum Gasteiger partial charge on any atom is -0.298 e. The lowest BCUT2D eigenvalue weighted by Crippen LogP contribution is -1.93. The molecule has 0 bridgehead atoms. The molecule has 0 N–H and O–H groups in total. The summed E-state index contributed by atoms with van der Waals surface area (Å²) in [5, 5.41) is 0.257. The number of pyridine rings is 1. The van der Waals surface area contributed by atoms with E-state index in [0.29, 0.717) is 5.56 Å². The first-order chi connectivity index (χ1) is 7.72. The normalized spacial score (nSPS) is 10.1.